The minimum absolute atomic E-state index is 0.0192. The molecule has 2 aromatic carbocycles. The number of para-hydroxylation sites is 1. The highest BCUT2D eigenvalue weighted by Gasteiger charge is 2.34. The van der Waals surface area contributed by atoms with Crippen LogP contribution in [0.3, 0.4) is 0 Å². The molecule has 0 aliphatic heterocycles. The van der Waals surface area contributed by atoms with Crippen molar-refractivity contribution in [1.82, 2.24) is 20.0 Å². The minimum Gasteiger partial charge on any atom is -0.485 e. The van der Waals surface area contributed by atoms with Gasteiger partial charge in [0.05, 0.1) is 30.4 Å². The fraction of sp³-hybridized carbons (Fsp3) is 0.217. The van der Waals surface area contributed by atoms with E-state index in [9.17, 15) is 18.0 Å². The Kier molecular flexibility index (Phi) is 7.13. The summed E-state index contributed by atoms with van der Waals surface area (Å²) in [6, 6.07) is 8.60. The molecule has 4 rings (SSSR count). The molecule has 2 aromatic heterocycles. The van der Waals surface area contributed by atoms with Crippen molar-refractivity contribution in [3.8, 4) is 5.75 Å². The summed E-state index contributed by atoms with van der Waals surface area (Å²) in [7, 11) is 0. The highest BCUT2D eigenvalue weighted by molar-refractivity contribution is 6.35. The Bertz CT molecular complexity index is 1390. The average molecular weight is 525 g/mol. The van der Waals surface area contributed by atoms with E-state index in [0.717, 1.165) is 17.8 Å². The Morgan fingerprint density at radius 2 is 1.97 bits per heavy atom. The third-order valence-corrected chi connectivity index (χ3v) is 5.53. The number of ether oxygens (including phenoxy) is 2. The second kappa shape index (κ2) is 10.1. The number of fused-ring (bicyclic) bond motifs is 1. The Balaban J connectivity index is 1.64. The molecular weight excluding hydrogens is 508 g/mol. The SMILES string of the molecule is CCOC(=O)c1cnc2c(C(F)(F)F)cccc2c1OCc1cn(Cc2ccc(Cl)cc2Cl)nn1. The van der Waals surface area contributed by atoms with Crippen LogP contribution >= 0.6 is 23.2 Å². The van der Waals surface area contributed by atoms with Crippen molar-refractivity contribution >= 4 is 40.1 Å². The molecule has 7 nitrogen and oxygen atoms in total. The Morgan fingerprint density at radius 1 is 1.17 bits per heavy atom. The number of alkyl halides is 3. The Hall–Kier alpha value is -3.37. The summed E-state index contributed by atoms with van der Waals surface area (Å²) in [6.45, 7) is 1.82. The van der Waals surface area contributed by atoms with E-state index < -0.39 is 17.7 Å². The first-order valence-electron chi connectivity index (χ1n) is 10.3. The number of hydrogen-bond donors (Lipinski definition) is 0. The van der Waals surface area contributed by atoms with Crippen LogP contribution in [-0.2, 0) is 24.1 Å². The van der Waals surface area contributed by atoms with Gasteiger partial charge < -0.3 is 9.47 Å². The standard InChI is InChI=1S/C23H17Cl2F3N4O3/c1-2-34-22(33)17-9-29-20-16(4-3-5-18(20)23(26,27)28)21(17)35-12-15-11-32(31-30-15)10-13-6-7-14(24)8-19(13)25/h3-9,11H,2,10,12H2,1H3. The van der Waals surface area contributed by atoms with Gasteiger partial charge in [-0.15, -0.1) is 5.10 Å². The molecule has 0 bridgehead atoms. The van der Waals surface area contributed by atoms with Gasteiger partial charge in [-0.05, 0) is 36.8 Å². The lowest BCUT2D eigenvalue weighted by molar-refractivity contribution is -0.136. The third-order valence-electron chi connectivity index (χ3n) is 4.95. The second-order valence-electron chi connectivity index (χ2n) is 7.35. The summed E-state index contributed by atoms with van der Waals surface area (Å²) in [5.41, 5.74) is -0.246. The van der Waals surface area contributed by atoms with Gasteiger partial charge >= 0.3 is 12.1 Å². The molecule has 0 atom stereocenters. The van der Waals surface area contributed by atoms with E-state index in [1.165, 1.54) is 16.8 Å². The number of carbonyl (C=O) groups excluding carboxylic acids is 1. The molecule has 182 valence electrons. The van der Waals surface area contributed by atoms with Crippen molar-refractivity contribution in [1.29, 1.82) is 0 Å². The van der Waals surface area contributed by atoms with Gasteiger partial charge in [-0.25, -0.2) is 9.48 Å². The van der Waals surface area contributed by atoms with E-state index in [-0.39, 0.29) is 35.4 Å². The first-order chi connectivity index (χ1) is 16.7. The number of carbonyl (C=O) groups is 1. The Labute approximate surface area is 207 Å². The summed E-state index contributed by atoms with van der Waals surface area (Å²) in [4.78, 5) is 16.3. The molecule has 4 aromatic rings. The molecule has 0 aliphatic rings. The number of nitrogens with zero attached hydrogens (tertiary/aromatic N) is 4. The first-order valence-corrected chi connectivity index (χ1v) is 11.0. The van der Waals surface area contributed by atoms with Crippen molar-refractivity contribution in [3.05, 3.63) is 81.2 Å². The van der Waals surface area contributed by atoms with Gasteiger partial charge in [0.2, 0.25) is 0 Å². The van der Waals surface area contributed by atoms with Crippen molar-refractivity contribution in [2.24, 2.45) is 0 Å². The quantitative estimate of drug-likeness (QED) is 0.277. The van der Waals surface area contributed by atoms with Gasteiger partial charge in [-0.3, -0.25) is 4.98 Å². The van der Waals surface area contributed by atoms with Gasteiger partial charge in [0.1, 0.15) is 23.6 Å². The molecule has 0 unspecified atom stereocenters. The maximum absolute atomic E-state index is 13.5. The molecule has 0 radical (unpaired) electrons. The maximum atomic E-state index is 13.5. The summed E-state index contributed by atoms with van der Waals surface area (Å²) in [5, 5.41) is 9.04. The normalized spacial score (nSPS) is 11.6. The van der Waals surface area contributed by atoms with Crippen LogP contribution in [0.1, 0.15) is 34.1 Å². The van der Waals surface area contributed by atoms with Crippen LogP contribution in [0.15, 0.2) is 48.8 Å². The van der Waals surface area contributed by atoms with Crippen LogP contribution in [0.2, 0.25) is 10.0 Å². The van der Waals surface area contributed by atoms with Crippen LogP contribution in [0.5, 0.6) is 5.75 Å². The van der Waals surface area contributed by atoms with Gasteiger partial charge in [0.25, 0.3) is 0 Å². The number of aromatic nitrogens is 4. The molecule has 35 heavy (non-hydrogen) atoms. The summed E-state index contributed by atoms with van der Waals surface area (Å²) < 4.78 is 52.9. The van der Waals surface area contributed by atoms with Crippen LogP contribution in [-0.4, -0.2) is 32.6 Å². The zero-order valence-corrected chi connectivity index (χ0v) is 19.7. The fourth-order valence-electron chi connectivity index (χ4n) is 3.39. The number of pyridine rings is 1. The largest absolute Gasteiger partial charge is 0.485 e. The molecule has 0 spiro atoms. The van der Waals surface area contributed by atoms with E-state index in [0.29, 0.717) is 22.3 Å². The van der Waals surface area contributed by atoms with E-state index in [1.807, 2.05) is 0 Å². The zero-order chi connectivity index (χ0) is 25.2. The summed E-state index contributed by atoms with van der Waals surface area (Å²) in [5.74, 6) is -0.856. The predicted octanol–water partition coefficient (Wildman–Crippen LogP) is 5.96. The topological polar surface area (TPSA) is 79.1 Å². The molecular formula is C23H17Cl2F3N4O3. The Morgan fingerprint density at radius 3 is 2.69 bits per heavy atom. The average Bonchev–Trinajstić information content (AvgIpc) is 3.25. The summed E-state index contributed by atoms with van der Waals surface area (Å²) in [6.07, 6.45) is -2.02. The van der Waals surface area contributed by atoms with Crippen molar-refractivity contribution in [2.45, 2.75) is 26.3 Å². The second-order valence-corrected chi connectivity index (χ2v) is 8.20. The molecule has 0 aliphatic carbocycles. The van der Waals surface area contributed by atoms with Gasteiger partial charge in [0.15, 0.2) is 0 Å². The number of hydrogen-bond acceptors (Lipinski definition) is 6. The van der Waals surface area contributed by atoms with Crippen molar-refractivity contribution < 1.29 is 27.4 Å². The number of rotatable bonds is 7. The van der Waals surface area contributed by atoms with Crippen LogP contribution in [0.25, 0.3) is 10.9 Å². The van der Waals surface area contributed by atoms with Crippen LogP contribution in [0.4, 0.5) is 13.2 Å². The zero-order valence-electron chi connectivity index (χ0n) is 18.1. The number of esters is 1. The molecule has 2 heterocycles. The number of benzene rings is 2. The molecule has 0 fully saturated rings. The van der Waals surface area contributed by atoms with Crippen LogP contribution in [0, 0.1) is 0 Å². The molecule has 12 heteroatoms. The highest BCUT2D eigenvalue weighted by Crippen LogP contribution is 2.38. The molecule has 0 amide bonds. The third kappa shape index (κ3) is 5.49. The fourth-order valence-corrected chi connectivity index (χ4v) is 3.86. The summed E-state index contributed by atoms with van der Waals surface area (Å²) >= 11 is 12.1. The lowest BCUT2D eigenvalue weighted by Gasteiger charge is -2.15. The lowest BCUT2D eigenvalue weighted by atomic mass is 10.1. The highest BCUT2D eigenvalue weighted by atomic mass is 35.5. The molecule has 0 saturated carbocycles. The van der Waals surface area contributed by atoms with Gasteiger partial charge in [-0.2, -0.15) is 13.2 Å². The van der Waals surface area contributed by atoms with E-state index >= 15 is 0 Å². The van der Waals surface area contributed by atoms with E-state index in [4.69, 9.17) is 32.7 Å². The van der Waals surface area contributed by atoms with Gasteiger partial charge in [0, 0.05) is 21.6 Å². The van der Waals surface area contributed by atoms with Gasteiger partial charge in [-0.1, -0.05) is 40.5 Å². The molecule has 0 N–H and O–H groups in total. The maximum Gasteiger partial charge on any atom is 0.418 e. The minimum atomic E-state index is -4.64. The first kappa shape index (κ1) is 24.7. The van der Waals surface area contributed by atoms with E-state index in [2.05, 4.69) is 15.3 Å². The molecule has 0 saturated heterocycles. The number of halogens is 5. The smallest absolute Gasteiger partial charge is 0.418 e. The predicted molar refractivity (Wildman–Crippen MR) is 123 cm³/mol. The monoisotopic (exact) mass is 524 g/mol. The van der Waals surface area contributed by atoms with Crippen molar-refractivity contribution in [3.63, 3.8) is 0 Å². The van der Waals surface area contributed by atoms with Crippen molar-refractivity contribution in [2.75, 3.05) is 6.61 Å². The lowest BCUT2D eigenvalue weighted by Crippen LogP contribution is -2.11. The van der Waals surface area contributed by atoms with E-state index in [1.54, 1.807) is 31.3 Å². The van der Waals surface area contributed by atoms with Crippen LogP contribution < -0.4 is 4.74 Å².